The lowest BCUT2D eigenvalue weighted by molar-refractivity contribution is -0.305. The monoisotopic (exact) mass is 457 g/mol. The number of carboxylic acid groups (broad SMARTS) is 1. The normalized spacial score (nSPS) is 11.0. The molecule has 2 N–H and O–H groups in total. The molecule has 0 spiro atoms. The molecule has 2 aromatic rings. The zero-order valence-electron chi connectivity index (χ0n) is 15.8. The Morgan fingerprint density at radius 2 is 1.62 bits per heavy atom. The van der Waals surface area contributed by atoms with Crippen LogP contribution in [0.5, 0.6) is 0 Å². The molecule has 0 radical (unpaired) electrons. The van der Waals surface area contributed by atoms with Crippen molar-refractivity contribution in [1.29, 1.82) is 0 Å². The fourth-order valence-electron chi connectivity index (χ4n) is 2.54. The van der Waals surface area contributed by atoms with E-state index in [-0.39, 0.29) is 18.0 Å². The minimum absolute atomic E-state index is 0.00972. The standard InChI is InChI=1S/C22H23BrN2O4/c23-18-12-10-16(11-13-18)15-19(25-21(28)17-7-3-1-4-8-17)22(29)24-14-6-2-5-9-20(26)27/h1,3-4,7-8,10-13,15H,2,5-6,9,14H2,(H,24,29)(H,25,28)(H,26,27)/p-1/b19-15+. The van der Waals surface area contributed by atoms with Gasteiger partial charge in [0.05, 0.1) is 0 Å². The summed E-state index contributed by atoms with van der Waals surface area (Å²) in [4.78, 5) is 35.5. The maximum Gasteiger partial charge on any atom is 0.267 e. The van der Waals surface area contributed by atoms with Gasteiger partial charge in [0.1, 0.15) is 5.70 Å². The van der Waals surface area contributed by atoms with Gasteiger partial charge in [-0.1, -0.05) is 52.7 Å². The van der Waals surface area contributed by atoms with E-state index >= 15 is 0 Å². The zero-order valence-corrected chi connectivity index (χ0v) is 17.4. The summed E-state index contributed by atoms with van der Waals surface area (Å²) in [5, 5.41) is 15.9. The highest BCUT2D eigenvalue weighted by atomic mass is 79.9. The van der Waals surface area contributed by atoms with Crippen molar-refractivity contribution >= 4 is 39.8 Å². The first kappa shape index (κ1) is 22.4. The number of halogens is 1. The molecular formula is C22H22BrN2O4-. The predicted molar refractivity (Wildman–Crippen MR) is 113 cm³/mol. The SMILES string of the molecule is O=C([O-])CCCCCNC(=O)/C(=C\c1ccc(Br)cc1)NC(=O)c1ccccc1. The number of carboxylic acids is 1. The molecule has 0 aliphatic carbocycles. The molecule has 2 rings (SSSR count). The Morgan fingerprint density at radius 1 is 0.931 bits per heavy atom. The first-order valence-electron chi connectivity index (χ1n) is 9.27. The van der Waals surface area contributed by atoms with E-state index in [1.54, 1.807) is 30.3 Å². The van der Waals surface area contributed by atoms with E-state index in [4.69, 9.17) is 0 Å². The Bertz CT molecular complexity index is 864. The van der Waals surface area contributed by atoms with Gasteiger partial charge < -0.3 is 20.5 Å². The molecule has 0 heterocycles. The first-order chi connectivity index (χ1) is 14.0. The van der Waals surface area contributed by atoms with Crippen LogP contribution >= 0.6 is 15.9 Å². The molecule has 0 aliphatic heterocycles. The van der Waals surface area contributed by atoms with Crippen molar-refractivity contribution < 1.29 is 19.5 Å². The maximum atomic E-state index is 12.6. The van der Waals surface area contributed by atoms with Crippen molar-refractivity contribution in [1.82, 2.24) is 10.6 Å². The van der Waals surface area contributed by atoms with Crippen molar-refractivity contribution in [3.05, 3.63) is 75.9 Å². The summed E-state index contributed by atoms with van der Waals surface area (Å²) in [6.45, 7) is 0.380. The van der Waals surface area contributed by atoms with Crippen LogP contribution in [0.3, 0.4) is 0 Å². The van der Waals surface area contributed by atoms with Crippen LogP contribution in [-0.4, -0.2) is 24.3 Å². The molecule has 152 valence electrons. The summed E-state index contributed by atoms with van der Waals surface area (Å²) in [7, 11) is 0. The number of unbranched alkanes of at least 4 members (excludes halogenated alkanes) is 2. The lowest BCUT2D eigenvalue weighted by atomic mass is 10.1. The largest absolute Gasteiger partial charge is 0.550 e. The summed E-state index contributed by atoms with van der Waals surface area (Å²) in [6.07, 6.45) is 3.42. The topological polar surface area (TPSA) is 98.3 Å². The third kappa shape index (κ3) is 8.31. The Labute approximate surface area is 178 Å². The molecule has 29 heavy (non-hydrogen) atoms. The van der Waals surface area contributed by atoms with E-state index in [0.717, 1.165) is 10.0 Å². The number of aliphatic carboxylic acids is 1. The molecule has 0 aliphatic rings. The quantitative estimate of drug-likeness (QED) is 0.423. The second-order valence-electron chi connectivity index (χ2n) is 6.37. The number of hydrogen-bond donors (Lipinski definition) is 2. The van der Waals surface area contributed by atoms with Crippen LogP contribution in [0.15, 0.2) is 64.8 Å². The molecule has 0 atom stereocenters. The molecule has 0 aromatic heterocycles. The summed E-state index contributed by atoms with van der Waals surface area (Å²) >= 11 is 3.36. The maximum absolute atomic E-state index is 12.6. The molecule has 0 fully saturated rings. The predicted octanol–water partition coefficient (Wildman–Crippen LogP) is 2.65. The summed E-state index contributed by atoms with van der Waals surface area (Å²) in [5.41, 5.74) is 1.35. The lowest BCUT2D eigenvalue weighted by Crippen LogP contribution is -2.35. The van der Waals surface area contributed by atoms with Crippen molar-refractivity contribution in [3.8, 4) is 0 Å². The number of carbonyl (C=O) groups is 3. The molecule has 0 bridgehead atoms. The number of rotatable bonds is 10. The van der Waals surface area contributed by atoms with Crippen molar-refractivity contribution in [2.45, 2.75) is 25.7 Å². The molecule has 2 aromatic carbocycles. The Hall–Kier alpha value is -2.93. The van der Waals surface area contributed by atoms with E-state index in [0.29, 0.717) is 31.4 Å². The Balaban J connectivity index is 2.03. The molecular weight excluding hydrogens is 436 g/mol. The van der Waals surface area contributed by atoms with Gasteiger partial charge in [0, 0.05) is 22.6 Å². The number of nitrogens with one attached hydrogen (secondary N) is 2. The van der Waals surface area contributed by atoms with E-state index in [2.05, 4.69) is 26.6 Å². The van der Waals surface area contributed by atoms with E-state index in [1.807, 2.05) is 30.3 Å². The number of amides is 2. The highest BCUT2D eigenvalue weighted by Gasteiger charge is 2.14. The summed E-state index contributed by atoms with van der Waals surface area (Å²) in [5.74, 6) is -1.85. The van der Waals surface area contributed by atoms with Gasteiger partial charge in [0.15, 0.2) is 0 Å². The molecule has 0 saturated heterocycles. The van der Waals surface area contributed by atoms with Gasteiger partial charge >= 0.3 is 0 Å². The molecule has 2 amide bonds. The highest BCUT2D eigenvalue weighted by Crippen LogP contribution is 2.13. The molecule has 0 unspecified atom stereocenters. The fourth-order valence-corrected chi connectivity index (χ4v) is 2.80. The van der Waals surface area contributed by atoms with Crippen LogP contribution in [0.25, 0.3) is 6.08 Å². The van der Waals surface area contributed by atoms with Crippen LogP contribution < -0.4 is 15.7 Å². The highest BCUT2D eigenvalue weighted by molar-refractivity contribution is 9.10. The van der Waals surface area contributed by atoms with Crippen LogP contribution in [0.4, 0.5) is 0 Å². The molecule has 7 heteroatoms. The van der Waals surface area contributed by atoms with Gasteiger partial charge in [-0.25, -0.2) is 0 Å². The van der Waals surface area contributed by atoms with Crippen LogP contribution in [-0.2, 0) is 9.59 Å². The minimum Gasteiger partial charge on any atom is -0.550 e. The first-order valence-corrected chi connectivity index (χ1v) is 10.1. The lowest BCUT2D eigenvalue weighted by Gasteiger charge is -2.11. The van der Waals surface area contributed by atoms with Crippen molar-refractivity contribution in [3.63, 3.8) is 0 Å². The molecule has 6 nitrogen and oxygen atoms in total. The van der Waals surface area contributed by atoms with E-state index < -0.39 is 11.9 Å². The summed E-state index contributed by atoms with van der Waals surface area (Å²) < 4.78 is 0.908. The third-order valence-corrected chi connectivity index (χ3v) is 4.58. The fraction of sp³-hybridized carbons (Fsp3) is 0.227. The van der Waals surface area contributed by atoms with Gasteiger partial charge in [-0.05, 0) is 55.2 Å². The van der Waals surface area contributed by atoms with Gasteiger partial charge in [-0.2, -0.15) is 0 Å². The van der Waals surface area contributed by atoms with Gasteiger partial charge in [-0.15, -0.1) is 0 Å². The van der Waals surface area contributed by atoms with Crippen molar-refractivity contribution in [2.24, 2.45) is 0 Å². The van der Waals surface area contributed by atoms with E-state index in [1.165, 1.54) is 0 Å². The Morgan fingerprint density at radius 3 is 2.28 bits per heavy atom. The second kappa shape index (κ2) is 11.8. The Kier molecular flexibility index (Phi) is 9.11. The average molecular weight is 458 g/mol. The van der Waals surface area contributed by atoms with Crippen LogP contribution in [0.1, 0.15) is 41.6 Å². The van der Waals surface area contributed by atoms with Gasteiger partial charge in [-0.3, -0.25) is 9.59 Å². The van der Waals surface area contributed by atoms with Gasteiger partial charge in [0.2, 0.25) is 0 Å². The van der Waals surface area contributed by atoms with Gasteiger partial charge in [0.25, 0.3) is 11.8 Å². The number of hydrogen-bond acceptors (Lipinski definition) is 4. The third-order valence-electron chi connectivity index (χ3n) is 4.05. The van der Waals surface area contributed by atoms with E-state index in [9.17, 15) is 19.5 Å². The number of carbonyl (C=O) groups excluding carboxylic acids is 3. The average Bonchev–Trinajstić information content (AvgIpc) is 2.71. The van der Waals surface area contributed by atoms with Crippen molar-refractivity contribution in [2.75, 3.05) is 6.54 Å². The zero-order chi connectivity index (χ0) is 21.1. The summed E-state index contributed by atoms with van der Waals surface area (Å²) in [6, 6.07) is 16.0. The van der Waals surface area contributed by atoms with Crippen LogP contribution in [0, 0.1) is 0 Å². The number of benzene rings is 2. The van der Waals surface area contributed by atoms with Crippen LogP contribution in [0.2, 0.25) is 0 Å². The molecule has 0 saturated carbocycles. The second-order valence-corrected chi connectivity index (χ2v) is 7.28. The minimum atomic E-state index is -1.07. The smallest absolute Gasteiger partial charge is 0.267 e.